The first-order valence-corrected chi connectivity index (χ1v) is 3.15. The summed E-state index contributed by atoms with van der Waals surface area (Å²) >= 11 is 0. The molecule has 0 aromatic heterocycles. The molecule has 0 aromatic carbocycles. The predicted molar refractivity (Wildman–Crippen MR) is 35.1 cm³/mol. The Morgan fingerprint density at radius 3 is 2.67 bits per heavy atom. The molecule has 0 saturated carbocycles. The van der Waals surface area contributed by atoms with Crippen LogP contribution in [0.1, 0.15) is 0 Å². The monoisotopic (exact) mass is 129 g/mol. The molecule has 1 rings (SSSR count). The summed E-state index contributed by atoms with van der Waals surface area (Å²) in [5.41, 5.74) is 0. The van der Waals surface area contributed by atoms with Gasteiger partial charge in [-0.25, -0.2) is 0 Å². The Morgan fingerprint density at radius 1 is 1.44 bits per heavy atom. The summed E-state index contributed by atoms with van der Waals surface area (Å²) < 4.78 is 0. The van der Waals surface area contributed by atoms with Gasteiger partial charge in [0.15, 0.2) is 0 Å². The van der Waals surface area contributed by atoms with Crippen LogP contribution < -0.4 is 5.32 Å². The van der Waals surface area contributed by atoms with E-state index in [1.165, 1.54) is 0 Å². The van der Waals surface area contributed by atoms with Gasteiger partial charge in [-0.15, -0.1) is 4.91 Å². The normalized spacial score (nSPS) is 21.8. The van der Waals surface area contributed by atoms with Gasteiger partial charge in [0.25, 0.3) is 0 Å². The van der Waals surface area contributed by atoms with Crippen LogP contribution in [0.4, 0.5) is 0 Å². The average molecular weight is 129 g/mol. The van der Waals surface area contributed by atoms with Crippen LogP contribution in [0.25, 0.3) is 0 Å². The molecule has 0 atom stereocenters. The topological polar surface area (TPSA) is 44.7 Å². The van der Waals surface area contributed by atoms with Crippen molar-refractivity contribution >= 4 is 0 Å². The van der Waals surface area contributed by atoms with Gasteiger partial charge in [0, 0.05) is 26.2 Å². The summed E-state index contributed by atoms with van der Waals surface area (Å²) in [5.74, 6) is 0. The second kappa shape index (κ2) is 3.53. The summed E-state index contributed by atoms with van der Waals surface area (Å²) in [7, 11) is 0. The summed E-state index contributed by atoms with van der Waals surface area (Å²) in [6.07, 6.45) is 0. The molecule has 0 amide bonds. The Bertz CT molecular complexity index is 90.2. The minimum Gasteiger partial charge on any atom is -0.314 e. The number of nitrogens with one attached hydrogen (secondary N) is 1. The molecule has 0 aliphatic carbocycles. The van der Waals surface area contributed by atoms with E-state index < -0.39 is 0 Å². The SMILES string of the molecule is O=NCN1CCNCC1. The lowest BCUT2D eigenvalue weighted by Gasteiger charge is -2.23. The molecule has 1 N–H and O–H groups in total. The third-order valence-electron chi connectivity index (χ3n) is 1.47. The molecular weight excluding hydrogens is 118 g/mol. The van der Waals surface area contributed by atoms with E-state index in [0.29, 0.717) is 6.67 Å². The van der Waals surface area contributed by atoms with Gasteiger partial charge in [-0.3, -0.25) is 4.90 Å². The fourth-order valence-corrected chi connectivity index (χ4v) is 0.934. The maximum Gasteiger partial charge on any atom is 0.134 e. The van der Waals surface area contributed by atoms with Crippen LogP contribution >= 0.6 is 0 Å². The van der Waals surface area contributed by atoms with E-state index in [-0.39, 0.29) is 0 Å². The van der Waals surface area contributed by atoms with Gasteiger partial charge < -0.3 is 5.32 Å². The highest BCUT2D eigenvalue weighted by atomic mass is 16.3. The lowest BCUT2D eigenvalue weighted by Crippen LogP contribution is -2.43. The van der Waals surface area contributed by atoms with Crippen molar-refractivity contribution in [2.24, 2.45) is 5.18 Å². The molecule has 1 aliphatic heterocycles. The van der Waals surface area contributed by atoms with Crippen molar-refractivity contribution in [2.45, 2.75) is 0 Å². The average Bonchev–Trinajstić information content (AvgIpc) is 1.91. The van der Waals surface area contributed by atoms with Crippen LogP contribution in [0.3, 0.4) is 0 Å². The molecule has 1 aliphatic rings. The van der Waals surface area contributed by atoms with E-state index >= 15 is 0 Å². The van der Waals surface area contributed by atoms with Crippen LogP contribution in [-0.2, 0) is 0 Å². The number of piperazine rings is 1. The first-order valence-electron chi connectivity index (χ1n) is 3.15. The molecule has 0 bridgehead atoms. The van der Waals surface area contributed by atoms with E-state index in [1.54, 1.807) is 0 Å². The highest BCUT2D eigenvalue weighted by Crippen LogP contribution is 1.90. The van der Waals surface area contributed by atoms with Crippen molar-refractivity contribution < 1.29 is 0 Å². The summed E-state index contributed by atoms with van der Waals surface area (Å²) in [5, 5.41) is 6.00. The van der Waals surface area contributed by atoms with Gasteiger partial charge in [-0.2, -0.15) is 0 Å². The number of hydrogen-bond donors (Lipinski definition) is 1. The molecule has 1 saturated heterocycles. The number of nitroso groups, excluding NO2 is 1. The smallest absolute Gasteiger partial charge is 0.134 e. The van der Waals surface area contributed by atoms with Crippen molar-refractivity contribution in [1.82, 2.24) is 10.2 Å². The third-order valence-corrected chi connectivity index (χ3v) is 1.47. The maximum absolute atomic E-state index is 9.76. The molecule has 0 unspecified atom stereocenters. The second-order valence-corrected chi connectivity index (χ2v) is 2.14. The van der Waals surface area contributed by atoms with Gasteiger partial charge in [-0.05, 0) is 0 Å². The fourth-order valence-electron chi connectivity index (χ4n) is 0.934. The fraction of sp³-hybridized carbons (Fsp3) is 1.00. The Labute approximate surface area is 54.2 Å². The Kier molecular flexibility index (Phi) is 2.60. The number of nitrogens with zero attached hydrogens (tertiary/aromatic N) is 2. The Balaban J connectivity index is 2.15. The van der Waals surface area contributed by atoms with E-state index in [9.17, 15) is 4.91 Å². The highest BCUT2D eigenvalue weighted by Gasteiger charge is 2.07. The van der Waals surface area contributed by atoms with Crippen molar-refractivity contribution in [2.75, 3.05) is 32.8 Å². The molecule has 0 aromatic rings. The van der Waals surface area contributed by atoms with Gasteiger partial charge in [0.05, 0.1) is 0 Å². The van der Waals surface area contributed by atoms with Crippen molar-refractivity contribution in [1.29, 1.82) is 0 Å². The molecule has 0 spiro atoms. The molecule has 1 fully saturated rings. The van der Waals surface area contributed by atoms with E-state index in [2.05, 4.69) is 10.5 Å². The minimum absolute atomic E-state index is 0.349. The zero-order chi connectivity index (χ0) is 6.53. The van der Waals surface area contributed by atoms with E-state index in [1.807, 2.05) is 4.90 Å². The first-order chi connectivity index (χ1) is 4.43. The van der Waals surface area contributed by atoms with Crippen molar-refractivity contribution in [3.8, 4) is 0 Å². The molecule has 4 heteroatoms. The van der Waals surface area contributed by atoms with E-state index in [4.69, 9.17) is 0 Å². The lowest BCUT2D eigenvalue weighted by atomic mass is 10.4. The zero-order valence-corrected chi connectivity index (χ0v) is 5.34. The second-order valence-electron chi connectivity index (χ2n) is 2.14. The Hall–Kier alpha value is -0.480. The molecule has 4 nitrogen and oxygen atoms in total. The largest absolute Gasteiger partial charge is 0.314 e. The van der Waals surface area contributed by atoms with Crippen LogP contribution in [0.2, 0.25) is 0 Å². The molecule has 0 radical (unpaired) electrons. The summed E-state index contributed by atoms with van der Waals surface area (Å²) in [6.45, 7) is 4.21. The molecular formula is C5H11N3O. The lowest BCUT2D eigenvalue weighted by molar-refractivity contribution is 0.247. The minimum atomic E-state index is 0.349. The van der Waals surface area contributed by atoms with Crippen LogP contribution in [0, 0.1) is 4.91 Å². The number of hydrogen-bond acceptors (Lipinski definition) is 4. The number of rotatable bonds is 2. The van der Waals surface area contributed by atoms with E-state index in [0.717, 1.165) is 26.2 Å². The van der Waals surface area contributed by atoms with Gasteiger partial charge in [0.1, 0.15) is 6.67 Å². The van der Waals surface area contributed by atoms with Crippen molar-refractivity contribution in [3.05, 3.63) is 4.91 Å². The predicted octanol–water partition coefficient (Wildman–Crippen LogP) is -0.385. The highest BCUT2D eigenvalue weighted by molar-refractivity contribution is 4.65. The summed E-state index contributed by atoms with van der Waals surface area (Å²) in [4.78, 5) is 11.8. The maximum atomic E-state index is 9.76. The Morgan fingerprint density at radius 2 is 2.11 bits per heavy atom. The van der Waals surface area contributed by atoms with Gasteiger partial charge >= 0.3 is 0 Å². The van der Waals surface area contributed by atoms with Gasteiger partial charge in [-0.1, -0.05) is 5.18 Å². The van der Waals surface area contributed by atoms with Crippen LogP contribution in [0.15, 0.2) is 5.18 Å². The molecule has 1 heterocycles. The third kappa shape index (κ3) is 2.07. The first kappa shape index (κ1) is 6.64. The summed E-state index contributed by atoms with van der Waals surface area (Å²) in [6, 6.07) is 0. The van der Waals surface area contributed by atoms with Crippen LogP contribution in [0.5, 0.6) is 0 Å². The quantitative estimate of drug-likeness (QED) is 0.517. The van der Waals surface area contributed by atoms with Crippen LogP contribution in [-0.4, -0.2) is 37.7 Å². The molecule has 52 valence electrons. The molecule has 9 heavy (non-hydrogen) atoms. The zero-order valence-electron chi connectivity index (χ0n) is 5.34. The standard InChI is InChI=1S/C5H11N3O/c9-7-5-8-3-1-6-2-4-8/h6H,1-5H2. The van der Waals surface area contributed by atoms with Crippen molar-refractivity contribution in [3.63, 3.8) is 0 Å². The van der Waals surface area contributed by atoms with Gasteiger partial charge in [0.2, 0.25) is 0 Å².